The summed E-state index contributed by atoms with van der Waals surface area (Å²) in [5.74, 6) is 0. The van der Waals surface area contributed by atoms with Crippen LogP contribution in [0.15, 0.2) is 22.5 Å². The Bertz CT molecular complexity index is 162. The fourth-order valence-corrected chi connectivity index (χ4v) is 1.41. The lowest BCUT2D eigenvalue weighted by Crippen LogP contribution is -1.94. The van der Waals surface area contributed by atoms with E-state index in [0.717, 1.165) is 19.6 Å². The van der Waals surface area contributed by atoms with E-state index in [1.807, 2.05) is 27.7 Å². The molecule has 1 nitrogen and oxygen atoms in total. The Labute approximate surface area is 93.6 Å². The minimum absolute atomic E-state index is 0.719. The molecule has 0 aromatic heterocycles. The van der Waals surface area contributed by atoms with Gasteiger partial charge >= 0.3 is 0 Å². The van der Waals surface area contributed by atoms with E-state index in [9.17, 15) is 0 Å². The lowest BCUT2D eigenvalue weighted by Gasteiger charge is -2.06. The van der Waals surface area contributed by atoms with Crippen LogP contribution in [0.5, 0.6) is 0 Å². The highest BCUT2D eigenvalue weighted by molar-refractivity contribution is 8.06. The molecule has 0 heterocycles. The molecular formula is C12H24OS. The van der Waals surface area contributed by atoms with Crippen LogP contribution in [0, 0.1) is 0 Å². The number of ether oxygens (including phenoxy) is 1. The lowest BCUT2D eigenvalue weighted by atomic mass is 10.5. The molecule has 0 atom stereocenters. The largest absolute Gasteiger partial charge is 0.377 e. The highest BCUT2D eigenvalue weighted by atomic mass is 32.2. The molecule has 0 aliphatic heterocycles. The predicted molar refractivity (Wildman–Crippen MR) is 68.6 cm³/mol. The summed E-state index contributed by atoms with van der Waals surface area (Å²) in [6, 6.07) is 0. The van der Waals surface area contributed by atoms with Crippen molar-refractivity contribution in [2.45, 2.75) is 41.0 Å². The monoisotopic (exact) mass is 216 g/mol. The number of allylic oxidation sites excluding steroid dienone is 2. The van der Waals surface area contributed by atoms with Gasteiger partial charge in [-0.3, -0.25) is 0 Å². The van der Waals surface area contributed by atoms with Crippen LogP contribution in [-0.2, 0) is 4.74 Å². The quantitative estimate of drug-likeness (QED) is 0.641. The van der Waals surface area contributed by atoms with E-state index in [1.54, 1.807) is 11.8 Å². The Balaban J connectivity index is 0. The first kappa shape index (κ1) is 16.2. The fourth-order valence-electron chi connectivity index (χ4n) is 0.632. The van der Waals surface area contributed by atoms with Crippen LogP contribution in [0.1, 0.15) is 41.0 Å². The molecule has 0 spiro atoms. The molecule has 2 heteroatoms. The lowest BCUT2D eigenvalue weighted by molar-refractivity contribution is 0.175. The van der Waals surface area contributed by atoms with Crippen LogP contribution in [0.2, 0.25) is 0 Å². The van der Waals surface area contributed by atoms with E-state index in [4.69, 9.17) is 4.74 Å². The van der Waals surface area contributed by atoms with Gasteiger partial charge in [0, 0.05) is 11.5 Å². The second-order valence-corrected chi connectivity index (χ2v) is 3.69. The fraction of sp³-hybridized carbons (Fsp3) is 0.667. The maximum absolute atomic E-state index is 5.30. The highest BCUT2D eigenvalue weighted by Crippen LogP contribution is 2.25. The van der Waals surface area contributed by atoms with Crippen molar-refractivity contribution in [3.63, 3.8) is 0 Å². The van der Waals surface area contributed by atoms with Crippen LogP contribution in [0.3, 0.4) is 0 Å². The molecule has 0 fully saturated rings. The van der Waals surface area contributed by atoms with Gasteiger partial charge in [-0.15, -0.1) is 0 Å². The van der Waals surface area contributed by atoms with Crippen molar-refractivity contribution in [2.75, 3.05) is 13.2 Å². The maximum Gasteiger partial charge on any atom is 0.0775 e. The third-order valence-corrected chi connectivity index (χ3v) is 2.63. The van der Waals surface area contributed by atoms with Gasteiger partial charge in [0.15, 0.2) is 0 Å². The van der Waals surface area contributed by atoms with E-state index in [1.165, 1.54) is 9.81 Å². The molecule has 0 saturated carbocycles. The summed E-state index contributed by atoms with van der Waals surface area (Å²) in [7, 11) is 0. The van der Waals surface area contributed by atoms with Gasteiger partial charge in [-0.25, -0.2) is 0 Å². The zero-order chi connectivity index (χ0) is 11.4. The molecule has 0 N–H and O–H groups in total. The smallest absolute Gasteiger partial charge is 0.0775 e. The van der Waals surface area contributed by atoms with Gasteiger partial charge in [0.25, 0.3) is 0 Å². The van der Waals surface area contributed by atoms with Crippen molar-refractivity contribution in [1.29, 1.82) is 0 Å². The average Bonchev–Trinajstić information content (AvgIpc) is 2.26. The number of hydrogen-bond acceptors (Lipinski definition) is 2. The second kappa shape index (κ2) is 12.8. The van der Waals surface area contributed by atoms with Crippen LogP contribution in [-0.4, -0.2) is 13.2 Å². The van der Waals surface area contributed by atoms with E-state index in [2.05, 4.69) is 19.6 Å². The van der Waals surface area contributed by atoms with Crippen molar-refractivity contribution in [3.05, 3.63) is 22.5 Å². The number of thioether (sulfide) groups is 1. The molecule has 0 saturated heterocycles. The zero-order valence-corrected chi connectivity index (χ0v) is 11.0. The first-order valence-corrected chi connectivity index (χ1v) is 6.14. The summed E-state index contributed by atoms with van der Waals surface area (Å²) in [6.07, 6.45) is 3.11. The summed E-state index contributed by atoms with van der Waals surface area (Å²) < 4.78 is 5.30. The summed E-state index contributed by atoms with van der Waals surface area (Å²) in [5, 5.41) is 0. The molecule has 14 heavy (non-hydrogen) atoms. The van der Waals surface area contributed by atoms with Crippen molar-refractivity contribution >= 4 is 11.8 Å². The predicted octanol–water partition coefficient (Wildman–Crippen LogP) is 4.61. The summed E-state index contributed by atoms with van der Waals surface area (Å²) >= 11 is 1.73. The molecule has 0 aromatic carbocycles. The second-order valence-electron chi connectivity index (χ2n) is 2.39. The molecule has 0 bridgehead atoms. The third kappa shape index (κ3) is 9.87. The minimum Gasteiger partial charge on any atom is -0.377 e. The van der Waals surface area contributed by atoms with Crippen molar-refractivity contribution in [1.82, 2.24) is 0 Å². The molecular weight excluding hydrogens is 192 g/mol. The molecule has 0 radical (unpaired) electrons. The van der Waals surface area contributed by atoms with E-state index >= 15 is 0 Å². The maximum atomic E-state index is 5.30. The Hall–Kier alpha value is -0.210. The van der Waals surface area contributed by atoms with Gasteiger partial charge in [-0.05, 0) is 25.2 Å². The van der Waals surface area contributed by atoms with Crippen molar-refractivity contribution < 1.29 is 4.74 Å². The van der Waals surface area contributed by atoms with E-state index < -0.39 is 0 Å². The highest BCUT2D eigenvalue weighted by Gasteiger charge is 1.98. The number of hydrogen-bond donors (Lipinski definition) is 0. The van der Waals surface area contributed by atoms with E-state index in [0.29, 0.717) is 0 Å². The Morgan fingerprint density at radius 3 is 2.29 bits per heavy atom. The van der Waals surface area contributed by atoms with Crippen LogP contribution in [0.4, 0.5) is 0 Å². The number of rotatable bonds is 6. The minimum atomic E-state index is 0.719. The van der Waals surface area contributed by atoms with Gasteiger partial charge in [0.1, 0.15) is 0 Å². The third-order valence-electron chi connectivity index (χ3n) is 1.44. The first-order valence-electron chi connectivity index (χ1n) is 5.33. The Kier molecular flexibility index (Phi) is 14.8. The summed E-state index contributed by atoms with van der Waals surface area (Å²) in [4.78, 5) is 2.45. The molecule has 0 amide bonds. The Morgan fingerprint density at radius 2 is 1.93 bits per heavy atom. The SMILES string of the molecule is C=C(CC)S/C(=C\C)COCC.CC. The van der Waals surface area contributed by atoms with Crippen molar-refractivity contribution in [2.24, 2.45) is 0 Å². The van der Waals surface area contributed by atoms with Crippen LogP contribution in [0.25, 0.3) is 0 Å². The summed E-state index contributed by atoms with van der Waals surface area (Å²) in [6.45, 7) is 15.6. The molecule has 0 rings (SSSR count). The van der Waals surface area contributed by atoms with Crippen LogP contribution < -0.4 is 0 Å². The molecule has 0 unspecified atom stereocenters. The standard InChI is InChI=1S/C10H18OS.C2H6/c1-5-9(4)12-10(6-2)8-11-7-3;1-2/h6H,4-5,7-8H2,1-3H3;1-2H3/b10-6-;. The zero-order valence-electron chi connectivity index (χ0n) is 10.2. The van der Waals surface area contributed by atoms with E-state index in [-0.39, 0.29) is 0 Å². The Morgan fingerprint density at radius 1 is 1.36 bits per heavy atom. The van der Waals surface area contributed by atoms with Gasteiger partial charge in [0.2, 0.25) is 0 Å². The normalized spacial score (nSPS) is 10.5. The van der Waals surface area contributed by atoms with Crippen LogP contribution >= 0.6 is 11.8 Å². The molecule has 0 aliphatic rings. The topological polar surface area (TPSA) is 9.23 Å². The average molecular weight is 216 g/mol. The van der Waals surface area contributed by atoms with Crippen molar-refractivity contribution in [3.8, 4) is 0 Å². The first-order chi connectivity index (χ1) is 6.74. The van der Waals surface area contributed by atoms with Gasteiger partial charge in [-0.2, -0.15) is 0 Å². The van der Waals surface area contributed by atoms with Gasteiger partial charge < -0.3 is 4.74 Å². The molecule has 0 aromatic rings. The summed E-state index contributed by atoms with van der Waals surface area (Å²) in [5.41, 5.74) is 0. The molecule has 0 aliphatic carbocycles. The molecule has 84 valence electrons. The van der Waals surface area contributed by atoms with Gasteiger partial charge in [0.05, 0.1) is 6.61 Å². The van der Waals surface area contributed by atoms with Gasteiger partial charge in [-0.1, -0.05) is 45.2 Å².